The van der Waals surface area contributed by atoms with Gasteiger partial charge in [-0.05, 0) is 23.8 Å². The quantitative estimate of drug-likeness (QED) is 0.393. The summed E-state index contributed by atoms with van der Waals surface area (Å²) in [7, 11) is 1.20. The molecule has 1 heterocycles. The largest absolute Gasteiger partial charge is 0.492 e. The van der Waals surface area contributed by atoms with Gasteiger partial charge in [0.2, 0.25) is 0 Å². The van der Waals surface area contributed by atoms with E-state index in [1.807, 2.05) is 0 Å². The van der Waals surface area contributed by atoms with Crippen molar-refractivity contribution in [2.45, 2.75) is 19.5 Å². The minimum atomic E-state index is -3.29. The molecule has 0 saturated heterocycles. The highest BCUT2D eigenvalue weighted by Gasteiger charge is 2.26. The van der Waals surface area contributed by atoms with Crippen molar-refractivity contribution in [3.05, 3.63) is 53.6 Å². The average Bonchev–Trinajstić information content (AvgIpc) is 3.19. The summed E-state index contributed by atoms with van der Waals surface area (Å²) in [6.45, 7) is 4.72. The molecular weight excluding hydrogens is 408 g/mol. The molecule has 1 amide bonds. The first-order chi connectivity index (χ1) is 14.6. The second-order valence-electron chi connectivity index (χ2n) is 7.08. The number of halogens is 2. The molecule has 2 N–H and O–H groups in total. The summed E-state index contributed by atoms with van der Waals surface area (Å²) < 4.78 is 36.5. The third-order valence-corrected chi connectivity index (χ3v) is 4.64. The number of likely N-dealkylation sites (N-methyl/N-ethyl adjacent to an activating group) is 1. The van der Waals surface area contributed by atoms with E-state index in [1.54, 1.807) is 18.2 Å². The fourth-order valence-electron chi connectivity index (χ4n) is 3.28. The Morgan fingerprint density at radius 2 is 2.10 bits per heavy atom. The number of rotatable bonds is 7. The highest BCUT2D eigenvalue weighted by Crippen LogP contribution is 2.42. The summed E-state index contributed by atoms with van der Waals surface area (Å²) >= 11 is 0. The van der Waals surface area contributed by atoms with Gasteiger partial charge in [-0.15, -0.1) is 0 Å². The molecular formula is C22H21F2N3O4. The Morgan fingerprint density at radius 1 is 1.42 bits per heavy atom. The summed E-state index contributed by atoms with van der Waals surface area (Å²) in [6.07, 6.45) is -2.76. The Hall–Kier alpha value is -3.64. The summed E-state index contributed by atoms with van der Waals surface area (Å²) in [4.78, 5) is 11.8. The fourth-order valence-corrected chi connectivity index (χ4v) is 3.28. The van der Waals surface area contributed by atoms with Crippen LogP contribution in [-0.2, 0) is 11.2 Å². The molecule has 3 rings (SSSR count). The van der Waals surface area contributed by atoms with Gasteiger partial charge in [0.1, 0.15) is 17.6 Å². The minimum Gasteiger partial charge on any atom is -0.492 e. The molecule has 0 fully saturated rings. The smallest absolute Gasteiger partial charge is 0.394 e. The first-order valence-electron chi connectivity index (χ1n) is 9.39. The number of hydrogen-bond acceptors (Lipinski definition) is 6. The lowest BCUT2D eigenvalue weighted by molar-refractivity contribution is -0.159. The van der Waals surface area contributed by atoms with Gasteiger partial charge in [-0.25, -0.2) is 5.06 Å². The summed E-state index contributed by atoms with van der Waals surface area (Å²) in [5, 5.41) is 22.4. The molecule has 2 aromatic rings. The molecule has 1 aliphatic rings. The molecule has 0 aliphatic carbocycles. The van der Waals surface area contributed by atoms with Crippen molar-refractivity contribution >= 4 is 11.6 Å². The van der Waals surface area contributed by atoms with E-state index in [0.717, 1.165) is 5.56 Å². The van der Waals surface area contributed by atoms with Crippen molar-refractivity contribution in [2.75, 3.05) is 25.5 Å². The second-order valence-corrected chi connectivity index (χ2v) is 7.08. The monoisotopic (exact) mass is 429 g/mol. The normalized spacial score (nSPS) is 12.4. The molecule has 1 aliphatic heterocycles. The highest BCUT2D eigenvalue weighted by atomic mass is 19.3. The Labute approximate surface area is 178 Å². The third-order valence-electron chi connectivity index (χ3n) is 4.64. The number of amides is 1. The van der Waals surface area contributed by atoms with Gasteiger partial charge < -0.3 is 14.8 Å². The van der Waals surface area contributed by atoms with Crippen molar-refractivity contribution in [1.29, 1.82) is 5.26 Å². The molecule has 0 radical (unpaired) electrons. The van der Waals surface area contributed by atoms with E-state index in [9.17, 15) is 24.0 Å². The SMILES string of the molecule is C=C(CNc1cc(-c2ccc(OC(C)(F)F)cc2)c2c(c1C#N)CCO2)C(=O)N(C)O. The van der Waals surface area contributed by atoms with E-state index >= 15 is 0 Å². The molecule has 0 bridgehead atoms. The van der Waals surface area contributed by atoms with E-state index in [-0.39, 0.29) is 17.9 Å². The van der Waals surface area contributed by atoms with Gasteiger partial charge in [0.25, 0.3) is 5.91 Å². The molecule has 0 atom stereocenters. The van der Waals surface area contributed by atoms with E-state index < -0.39 is 12.0 Å². The van der Waals surface area contributed by atoms with Crippen LogP contribution in [0.15, 0.2) is 42.5 Å². The summed E-state index contributed by atoms with van der Waals surface area (Å²) in [5.41, 5.74) is 3.03. The number of benzene rings is 2. The molecule has 0 unspecified atom stereocenters. The minimum absolute atomic E-state index is 0.00978. The van der Waals surface area contributed by atoms with Gasteiger partial charge in [0.05, 0.1) is 17.9 Å². The Bertz CT molecular complexity index is 1050. The topological polar surface area (TPSA) is 94.8 Å². The van der Waals surface area contributed by atoms with Crippen LogP contribution in [0.2, 0.25) is 0 Å². The molecule has 31 heavy (non-hydrogen) atoms. The van der Waals surface area contributed by atoms with Crippen molar-refractivity contribution < 1.29 is 28.3 Å². The van der Waals surface area contributed by atoms with Crippen molar-refractivity contribution in [3.8, 4) is 28.7 Å². The van der Waals surface area contributed by atoms with Crippen LogP contribution >= 0.6 is 0 Å². The van der Waals surface area contributed by atoms with E-state index in [4.69, 9.17) is 4.74 Å². The first kappa shape index (κ1) is 22.1. The lowest BCUT2D eigenvalue weighted by Gasteiger charge is -2.17. The first-order valence-corrected chi connectivity index (χ1v) is 9.39. The fraction of sp³-hybridized carbons (Fsp3) is 0.273. The van der Waals surface area contributed by atoms with Gasteiger partial charge in [-0.2, -0.15) is 14.0 Å². The lowest BCUT2D eigenvalue weighted by Crippen LogP contribution is -2.27. The van der Waals surface area contributed by atoms with Gasteiger partial charge >= 0.3 is 6.11 Å². The van der Waals surface area contributed by atoms with Crippen LogP contribution in [0.1, 0.15) is 18.1 Å². The van der Waals surface area contributed by atoms with Crippen molar-refractivity contribution in [3.63, 3.8) is 0 Å². The highest BCUT2D eigenvalue weighted by molar-refractivity contribution is 5.93. The van der Waals surface area contributed by atoms with Crippen LogP contribution in [-0.4, -0.2) is 42.5 Å². The molecule has 2 aromatic carbocycles. The number of nitriles is 1. The number of carbonyl (C=O) groups is 1. The van der Waals surface area contributed by atoms with Crippen LogP contribution in [0.5, 0.6) is 11.5 Å². The zero-order valence-corrected chi connectivity index (χ0v) is 17.0. The zero-order chi connectivity index (χ0) is 22.8. The average molecular weight is 429 g/mol. The maximum atomic E-state index is 13.1. The number of nitrogens with zero attached hydrogens (tertiary/aromatic N) is 2. The van der Waals surface area contributed by atoms with Crippen LogP contribution in [0, 0.1) is 11.3 Å². The molecule has 0 saturated carbocycles. The van der Waals surface area contributed by atoms with Crippen LogP contribution in [0.3, 0.4) is 0 Å². The van der Waals surface area contributed by atoms with E-state index in [2.05, 4.69) is 22.7 Å². The maximum Gasteiger partial charge on any atom is 0.394 e. The Morgan fingerprint density at radius 3 is 2.68 bits per heavy atom. The van der Waals surface area contributed by atoms with Gasteiger partial charge in [-0.1, -0.05) is 18.7 Å². The maximum absolute atomic E-state index is 13.1. The second kappa shape index (κ2) is 8.62. The number of alkyl halides is 2. The lowest BCUT2D eigenvalue weighted by atomic mass is 9.95. The Kier molecular flexibility index (Phi) is 6.13. The van der Waals surface area contributed by atoms with Crippen LogP contribution in [0.25, 0.3) is 11.1 Å². The van der Waals surface area contributed by atoms with Gasteiger partial charge in [0.15, 0.2) is 0 Å². The number of nitrogens with one attached hydrogen (secondary N) is 1. The molecule has 9 heteroatoms. The third kappa shape index (κ3) is 4.92. The van der Waals surface area contributed by atoms with Crippen LogP contribution < -0.4 is 14.8 Å². The van der Waals surface area contributed by atoms with Gasteiger partial charge in [0, 0.05) is 43.6 Å². The van der Waals surface area contributed by atoms with Crippen LogP contribution in [0.4, 0.5) is 14.5 Å². The zero-order valence-electron chi connectivity index (χ0n) is 17.0. The number of hydrogen-bond donors (Lipinski definition) is 2. The molecule has 0 spiro atoms. The Balaban J connectivity index is 1.96. The molecule has 0 aromatic heterocycles. The van der Waals surface area contributed by atoms with Gasteiger partial charge in [-0.3, -0.25) is 10.0 Å². The summed E-state index contributed by atoms with van der Waals surface area (Å²) in [6, 6.07) is 9.97. The number of ether oxygens (including phenoxy) is 2. The van der Waals surface area contributed by atoms with Crippen molar-refractivity contribution in [1.82, 2.24) is 5.06 Å². The molecule has 162 valence electrons. The standard InChI is InChI=1S/C22H21F2N3O4/c1-13(21(28)27(3)29)12-26-19-10-17(20-16(8-9-30-20)18(19)11-25)14-4-6-15(7-5-14)31-22(2,23)24/h4-7,10,26,29H,1,8-9,12H2,2-3H3. The number of fused-ring (bicyclic) bond motifs is 1. The number of anilines is 1. The van der Waals surface area contributed by atoms with E-state index in [0.29, 0.717) is 53.1 Å². The van der Waals surface area contributed by atoms with E-state index in [1.165, 1.54) is 19.2 Å². The van der Waals surface area contributed by atoms with Crippen molar-refractivity contribution in [2.24, 2.45) is 0 Å². The predicted molar refractivity (Wildman–Crippen MR) is 109 cm³/mol. The number of hydroxylamine groups is 2. The molecule has 7 nitrogen and oxygen atoms in total. The number of carbonyl (C=O) groups excluding carboxylic acids is 1. The summed E-state index contributed by atoms with van der Waals surface area (Å²) in [5.74, 6) is -0.0793. The predicted octanol–water partition coefficient (Wildman–Crippen LogP) is 3.97.